The van der Waals surface area contributed by atoms with Gasteiger partial charge in [0.2, 0.25) is 0 Å². The molecule has 0 heterocycles. The van der Waals surface area contributed by atoms with E-state index < -0.39 is 20.7 Å². The molecule has 0 N–H and O–H groups in total. The molecule has 0 saturated carbocycles. The first-order valence-corrected chi connectivity index (χ1v) is 8.83. The number of nitrogens with zero attached hydrogens (tertiary/aromatic N) is 1. The van der Waals surface area contributed by atoms with Crippen LogP contribution in [0.5, 0.6) is 0 Å². The molecule has 0 aliphatic carbocycles. The Bertz CT molecular complexity index is 490. The summed E-state index contributed by atoms with van der Waals surface area (Å²) in [5, 5.41) is 0. The lowest BCUT2D eigenvalue weighted by Gasteiger charge is -2.03. The van der Waals surface area contributed by atoms with Gasteiger partial charge < -0.3 is 0 Å². The van der Waals surface area contributed by atoms with E-state index in [4.69, 9.17) is 0 Å². The molecule has 0 unspecified atom stereocenters. The maximum atomic E-state index is 12.0. The maximum Gasteiger partial charge on any atom is 0.287 e. The van der Waals surface area contributed by atoms with Gasteiger partial charge in [-0.15, -0.1) is 3.77 Å². The Morgan fingerprint density at radius 2 is 1.82 bits per heavy atom. The number of aryl methyl sites for hydroxylation is 1. The SMILES string of the molecule is CCCC[S@@](C)=NS(=O)(=O)c1ccc(C)cc1. The predicted molar refractivity (Wildman–Crippen MR) is 73.9 cm³/mol. The van der Waals surface area contributed by atoms with Crippen molar-refractivity contribution in [3.05, 3.63) is 29.8 Å². The monoisotopic (exact) mass is 273 g/mol. The molecule has 0 bridgehead atoms. The molecular weight excluding hydrogens is 254 g/mol. The Kier molecular flexibility index (Phi) is 5.33. The minimum Gasteiger partial charge on any atom is -0.199 e. The summed E-state index contributed by atoms with van der Waals surface area (Å²) in [6, 6.07) is 6.82. The molecule has 0 aromatic heterocycles. The van der Waals surface area contributed by atoms with Crippen LogP contribution < -0.4 is 0 Å². The molecule has 3 nitrogen and oxygen atoms in total. The number of unbranched alkanes of at least 4 members (excludes halogenated alkanes) is 1. The number of hydrogen-bond acceptors (Lipinski definition) is 2. The molecular formula is C12H19NO2S2. The molecule has 1 aromatic rings. The quantitative estimate of drug-likeness (QED) is 0.828. The molecule has 0 fully saturated rings. The molecule has 1 aromatic carbocycles. The number of benzene rings is 1. The second-order valence-electron chi connectivity index (χ2n) is 4.02. The van der Waals surface area contributed by atoms with E-state index in [9.17, 15) is 8.42 Å². The largest absolute Gasteiger partial charge is 0.287 e. The summed E-state index contributed by atoms with van der Waals surface area (Å²) in [5.41, 5.74) is 1.05. The standard InChI is InChI=1S/C12H19NO2S2/c1-4-5-10-16(3)13-17(14,15)12-8-6-11(2)7-9-12/h6-9H,4-5,10H2,1-3H3/t16-/m1/s1. The molecule has 17 heavy (non-hydrogen) atoms. The zero-order valence-corrected chi connectivity index (χ0v) is 12.1. The average molecular weight is 273 g/mol. The third-order valence-electron chi connectivity index (χ3n) is 2.34. The topological polar surface area (TPSA) is 46.5 Å². The van der Waals surface area contributed by atoms with Crippen molar-refractivity contribution in [3.63, 3.8) is 0 Å². The molecule has 0 saturated heterocycles. The summed E-state index contributed by atoms with van der Waals surface area (Å²) in [6.45, 7) is 4.02. The fraction of sp³-hybridized carbons (Fsp3) is 0.500. The van der Waals surface area contributed by atoms with Crippen molar-refractivity contribution >= 4 is 20.7 Å². The van der Waals surface area contributed by atoms with Crippen molar-refractivity contribution in [1.82, 2.24) is 0 Å². The fourth-order valence-corrected chi connectivity index (χ4v) is 4.48. The van der Waals surface area contributed by atoms with E-state index in [-0.39, 0.29) is 0 Å². The van der Waals surface area contributed by atoms with Gasteiger partial charge in [-0.3, -0.25) is 0 Å². The minimum absolute atomic E-state index is 0.291. The molecule has 0 spiro atoms. The molecule has 5 heteroatoms. The molecule has 0 aliphatic rings. The summed E-state index contributed by atoms with van der Waals surface area (Å²) in [5.74, 6) is 0.849. The third-order valence-corrected chi connectivity index (χ3v) is 5.89. The minimum atomic E-state index is -3.47. The normalized spacial score (nSPS) is 13.8. The summed E-state index contributed by atoms with van der Waals surface area (Å²) in [6.07, 6.45) is 3.96. The highest BCUT2D eigenvalue weighted by molar-refractivity contribution is 7.99. The predicted octanol–water partition coefficient (Wildman–Crippen LogP) is 2.92. The van der Waals surface area contributed by atoms with Gasteiger partial charge >= 0.3 is 0 Å². The summed E-state index contributed by atoms with van der Waals surface area (Å²) in [4.78, 5) is 0.291. The Morgan fingerprint density at radius 1 is 1.24 bits per heavy atom. The van der Waals surface area contributed by atoms with Crippen molar-refractivity contribution < 1.29 is 8.42 Å². The second kappa shape index (κ2) is 6.31. The van der Waals surface area contributed by atoms with Crippen molar-refractivity contribution in [3.8, 4) is 0 Å². The van der Waals surface area contributed by atoms with Crippen LogP contribution in [-0.4, -0.2) is 20.4 Å². The zero-order valence-electron chi connectivity index (χ0n) is 10.5. The van der Waals surface area contributed by atoms with Crippen molar-refractivity contribution in [2.45, 2.75) is 31.6 Å². The van der Waals surface area contributed by atoms with Crippen LogP contribution in [0, 0.1) is 6.92 Å². The van der Waals surface area contributed by atoms with Gasteiger partial charge in [0.15, 0.2) is 0 Å². The van der Waals surface area contributed by atoms with E-state index in [0.29, 0.717) is 4.90 Å². The summed E-state index contributed by atoms with van der Waals surface area (Å²) in [7, 11) is -3.88. The van der Waals surface area contributed by atoms with E-state index in [1.807, 2.05) is 13.2 Å². The lowest BCUT2D eigenvalue weighted by molar-refractivity contribution is 0.598. The number of sulfonamides is 1. The van der Waals surface area contributed by atoms with Crippen LogP contribution in [0.25, 0.3) is 0 Å². The average Bonchev–Trinajstić information content (AvgIpc) is 2.26. The first-order chi connectivity index (χ1) is 7.95. The highest BCUT2D eigenvalue weighted by Crippen LogP contribution is 2.14. The van der Waals surface area contributed by atoms with Gasteiger partial charge in [-0.1, -0.05) is 41.7 Å². The Morgan fingerprint density at radius 3 is 2.35 bits per heavy atom. The van der Waals surface area contributed by atoms with Crippen molar-refractivity contribution in [2.24, 2.45) is 3.77 Å². The van der Waals surface area contributed by atoms with E-state index in [2.05, 4.69) is 10.7 Å². The van der Waals surface area contributed by atoms with Crippen LogP contribution >= 0.6 is 0 Å². The first-order valence-electron chi connectivity index (χ1n) is 5.63. The molecule has 0 aliphatic heterocycles. The fourth-order valence-electron chi connectivity index (χ4n) is 1.31. The highest BCUT2D eigenvalue weighted by atomic mass is 32.3. The highest BCUT2D eigenvalue weighted by Gasteiger charge is 2.12. The van der Waals surface area contributed by atoms with Crippen LogP contribution in [-0.2, 0) is 20.7 Å². The van der Waals surface area contributed by atoms with Gasteiger partial charge in [-0.2, -0.15) is 8.42 Å². The van der Waals surface area contributed by atoms with Crippen LogP contribution in [0.4, 0.5) is 0 Å². The van der Waals surface area contributed by atoms with E-state index in [0.717, 1.165) is 24.2 Å². The van der Waals surface area contributed by atoms with Gasteiger partial charge in [0.25, 0.3) is 10.0 Å². The molecule has 96 valence electrons. The van der Waals surface area contributed by atoms with Crippen molar-refractivity contribution in [1.29, 1.82) is 0 Å². The summed E-state index contributed by atoms with van der Waals surface area (Å²) < 4.78 is 27.9. The van der Waals surface area contributed by atoms with Crippen LogP contribution in [0.15, 0.2) is 32.9 Å². The Labute approximate surface area is 106 Å². The first kappa shape index (κ1) is 14.4. The third kappa shape index (κ3) is 4.60. The zero-order chi connectivity index (χ0) is 12.9. The molecule has 0 amide bonds. The second-order valence-corrected chi connectivity index (χ2v) is 7.65. The maximum absolute atomic E-state index is 12.0. The lowest BCUT2D eigenvalue weighted by atomic mass is 10.2. The Hall–Kier alpha value is -0.680. The smallest absolute Gasteiger partial charge is 0.199 e. The van der Waals surface area contributed by atoms with Gasteiger partial charge in [-0.05, 0) is 31.7 Å². The summed E-state index contributed by atoms with van der Waals surface area (Å²) >= 11 is 0. The van der Waals surface area contributed by atoms with E-state index in [1.165, 1.54) is 0 Å². The number of hydrogen-bond donors (Lipinski definition) is 0. The Balaban J connectivity index is 2.92. The van der Waals surface area contributed by atoms with Crippen LogP contribution in [0.1, 0.15) is 25.3 Å². The number of rotatable bonds is 5. The van der Waals surface area contributed by atoms with E-state index >= 15 is 0 Å². The van der Waals surface area contributed by atoms with Crippen LogP contribution in [0.3, 0.4) is 0 Å². The van der Waals surface area contributed by atoms with Gasteiger partial charge in [0, 0.05) is 5.75 Å². The van der Waals surface area contributed by atoms with Crippen LogP contribution in [0.2, 0.25) is 0 Å². The van der Waals surface area contributed by atoms with Gasteiger partial charge in [-0.25, -0.2) is 0 Å². The van der Waals surface area contributed by atoms with Gasteiger partial charge in [0.05, 0.1) is 4.90 Å². The van der Waals surface area contributed by atoms with E-state index in [1.54, 1.807) is 24.3 Å². The van der Waals surface area contributed by atoms with Crippen molar-refractivity contribution in [2.75, 3.05) is 12.0 Å². The molecule has 0 radical (unpaired) electrons. The molecule has 1 rings (SSSR count). The lowest BCUT2D eigenvalue weighted by Crippen LogP contribution is -2.02. The molecule has 1 atom stereocenters. The van der Waals surface area contributed by atoms with Gasteiger partial charge in [0.1, 0.15) is 0 Å².